The van der Waals surface area contributed by atoms with E-state index in [0.717, 1.165) is 38.9 Å². The first kappa shape index (κ1) is 28.7. The van der Waals surface area contributed by atoms with Gasteiger partial charge in [0.15, 0.2) is 0 Å². The average molecular weight is 543 g/mol. The van der Waals surface area contributed by atoms with Crippen LogP contribution in [-0.4, -0.2) is 81.6 Å². The van der Waals surface area contributed by atoms with E-state index >= 15 is 0 Å². The summed E-state index contributed by atoms with van der Waals surface area (Å²) in [7, 11) is -9.94. The van der Waals surface area contributed by atoms with E-state index in [1.807, 2.05) is 0 Å². The van der Waals surface area contributed by atoms with Crippen molar-refractivity contribution in [3.05, 3.63) is 48.1 Å². The molecule has 0 aromatic carbocycles. The molecule has 0 radical (unpaired) electrons. The van der Waals surface area contributed by atoms with Crippen molar-refractivity contribution in [2.45, 2.75) is 36.2 Å². The summed E-state index contributed by atoms with van der Waals surface area (Å²) in [4.78, 5) is 46.9. The average Bonchev–Trinajstić information content (AvgIpc) is 2.75. The molecule has 0 spiro atoms. The van der Waals surface area contributed by atoms with Crippen molar-refractivity contribution in [2.24, 2.45) is 0 Å². The van der Waals surface area contributed by atoms with Crippen LogP contribution in [0.25, 0.3) is 0 Å². The van der Waals surface area contributed by atoms with Crippen LogP contribution in [0.3, 0.4) is 0 Å². The predicted molar refractivity (Wildman–Crippen MR) is 108 cm³/mol. The van der Waals surface area contributed by atoms with Crippen LogP contribution in [0.4, 0.5) is 0 Å². The zero-order valence-corrected chi connectivity index (χ0v) is 21.0. The first-order valence-corrected chi connectivity index (χ1v) is 11.9. The Morgan fingerprint density at radius 1 is 0.629 bits per heavy atom. The number of ether oxygens (including phenoxy) is 4. The molecule has 14 nitrogen and oxygen atoms in total. The molecule has 2 aliphatic heterocycles. The standard InChI is InChI=1S/2C9H8O7S.Mg/c2*1-9(17(12,13)14)4-5(10)6-7(8(9)11)16-3-2-15-6;/h2*2-3H,4H2,1H3,(H,12,13,14);/q;;+2/p-2. The van der Waals surface area contributed by atoms with Gasteiger partial charge in [-0.25, -0.2) is 16.8 Å². The molecule has 0 aromatic rings. The third-order valence-corrected chi connectivity index (χ3v) is 8.11. The quantitative estimate of drug-likeness (QED) is 0.294. The minimum atomic E-state index is -4.97. The van der Waals surface area contributed by atoms with Crippen LogP contribution < -0.4 is 0 Å². The SMILES string of the molecule is CC1(S(=O)(=O)[O-])CC(=O)C2=C(OC=CO2)C1=O.CC1(S(=O)(=O)[O-])CC(=O)C2=C(OC=CO2)C1=O.[Mg+2]. The molecular weight excluding hydrogens is 529 g/mol. The second-order valence-corrected chi connectivity index (χ2v) is 11.2. The van der Waals surface area contributed by atoms with Gasteiger partial charge in [0.1, 0.15) is 54.8 Å². The van der Waals surface area contributed by atoms with Crippen molar-refractivity contribution in [3.8, 4) is 0 Å². The van der Waals surface area contributed by atoms with Crippen molar-refractivity contribution < 1.29 is 64.1 Å². The molecule has 2 atom stereocenters. The molecule has 0 amide bonds. The Bertz CT molecular complexity index is 1250. The minimum absolute atomic E-state index is 0. The zero-order chi connectivity index (χ0) is 25.7. The maximum Gasteiger partial charge on any atom is 2.00 e. The number of hydrogen-bond donors (Lipinski definition) is 0. The summed E-state index contributed by atoms with van der Waals surface area (Å²) in [5.41, 5.74) is 0. The molecule has 0 fully saturated rings. The Morgan fingerprint density at radius 2 is 0.886 bits per heavy atom. The molecule has 0 aromatic heterocycles. The maximum absolute atomic E-state index is 11.8. The number of Topliss-reactive ketones (excluding diaryl/α,β-unsaturated/α-hetero) is 4. The Morgan fingerprint density at radius 3 is 1.14 bits per heavy atom. The zero-order valence-electron chi connectivity index (χ0n) is 18.0. The van der Waals surface area contributed by atoms with Crippen molar-refractivity contribution in [3.63, 3.8) is 0 Å². The normalized spacial score (nSPS) is 27.8. The molecule has 17 heteroatoms. The summed E-state index contributed by atoms with van der Waals surface area (Å²) in [5.74, 6) is -5.44. The van der Waals surface area contributed by atoms with E-state index in [1.165, 1.54) is 0 Å². The van der Waals surface area contributed by atoms with Gasteiger partial charge in [-0.05, 0) is 13.8 Å². The maximum atomic E-state index is 11.8. The first-order chi connectivity index (χ1) is 15.5. The Kier molecular flexibility index (Phi) is 7.76. The number of allylic oxidation sites excluding steroid dienone is 4. The summed E-state index contributed by atoms with van der Waals surface area (Å²) >= 11 is 0. The fourth-order valence-corrected chi connectivity index (χ4v) is 4.37. The van der Waals surface area contributed by atoms with Crippen LogP contribution in [0, 0.1) is 0 Å². The van der Waals surface area contributed by atoms with E-state index in [4.69, 9.17) is 18.9 Å². The summed E-state index contributed by atoms with van der Waals surface area (Å²) in [5, 5.41) is 0. The summed E-state index contributed by atoms with van der Waals surface area (Å²) in [6, 6.07) is 0. The van der Waals surface area contributed by atoms with E-state index in [9.17, 15) is 45.1 Å². The minimum Gasteiger partial charge on any atom is -0.747 e. The van der Waals surface area contributed by atoms with E-state index in [0.29, 0.717) is 0 Å². The van der Waals surface area contributed by atoms with Crippen LogP contribution in [0.2, 0.25) is 0 Å². The molecule has 35 heavy (non-hydrogen) atoms. The van der Waals surface area contributed by atoms with E-state index in [1.54, 1.807) is 0 Å². The van der Waals surface area contributed by atoms with Crippen LogP contribution in [-0.2, 0) is 58.4 Å². The van der Waals surface area contributed by atoms with Crippen molar-refractivity contribution in [1.29, 1.82) is 0 Å². The summed E-state index contributed by atoms with van der Waals surface area (Å²) in [6.07, 6.45) is 2.55. The molecule has 0 saturated heterocycles. The van der Waals surface area contributed by atoms with E-state index in [-0.39, 0.29) is 34.6 Å². The molecule has 0 bridgehead atoms. The summed E-state index contributed by atoms with van der Waals surface area (Å²) < 4.78 is 80.8. The van der Waals surface area contributed by atoms with Gasteiger partial charge in [0.25, 0.3) is 0 Å². The second kappa shape index (κ2) is 9.47. The van der Waals surface area contributed by atoms with Gasteiger partial charge in [0.05, 0.1) is 0 Å². The van der Waals surface area contributed by atoms with Gasteiger partial charge in [-0.1, -0.05) is 0 Å². The Balaban J connectivity index is 0.000000240. The number of carbonyl (C=O) groups excluding carboxylic acids is 4. The number of ketones is 4. The van der Waals surface area contributed by atoms with Crippen LogP contribution in [0.1, 0.15) is 26.7 Å². The fraction of sp³-hybridized carbons (Fsp3) is 0.333. The second-order valence-electron chi connectivity index (χ2n) is 7.56. The van der Waals surface area contributed by atoms with Gasteiger partial charge < -0.3 is 28.1 Å². The van der Waals surface area contributed by atoms with Gasteiger partial charge in [-0.15, -0.1) is 0 Å². The molecule has 0 saturated carbocycles. The third-order valence-electron chi connectivity index (χ3n) is 5.25. The van der Waals surface area contributed by atoms with Gasteiger partial charge >= 0.3 is 23.1 Å². The molecule has 4 rings (SSSR count). The Labute approximate surface area is 214 Å². The monoisotopic (exact) mass is 542 g/mol. The molecular formula is C18H14MgO14S2. The van der Waals surface area contributed by atoms with Crippen LogP contribution in [0.5, 0.6) is 0 Å². The largest absolute Gasteiger partial charge is 2.00 e. The molecule has 2 aliphatic carbocycles. The number of carbonyl (C=O) groups is 4. The van der Waals surface area contributed by atoms with E-state index < -0.39 is 77.2 Å². The number of hydrogen-bond acceptors (Lipinski definition) is 14. The van der Waals surface area contributed by atoms with Crippen LogP contribution >= 0.6 is 0 Å². The van der Waals surface area contributed by atoms with Crippen molar-refractivity contribution >= 4 is 66.4 Å². The molecule has 2 heterocycles. The first-order valence-electron chi connectivity index (χ1n) is 9.06. The van der Waals surface area contributed by atoms with Crippen molar-refractivity contribution in [1.82, 2.24) is 0 Å². The van der Waals surface area contributed by atoms with Gasteiger partial charge in [-0.2, -0.15) is 0 Å². The fourth-order valence-electron chi connectivity index (χ4n) is 3.11. The van der Waals surface area contributed by atoms with Gasteiger partial charge in [0.2, 0.25) is 46.2 Å². The van der Waals surface area contributed by atoms with Gasteiger partial charge in [0, 0.05) is 12.8 Å². The van der Waals surface area contributed by atoms with Crippen LogP contribution in [0.15, 0.2) is 48.1 Å². The molecule has 184 valence electrons. The van der Waals surface area contributed by atoms with E-state index in [2.05, 4.69) is 0 Å². The predicted octanol–water partition coefficient (Wildman–Crippen LogP) is -1.26. The topological polar surface area (TPSA) is 220 Å². The van der Waals surface area contributed by atoms with Gasteiger partial charge in [-0.3, -0.25) is 19.2 Å². The molecule has 2 unspecified atom stereocenters. The Hall–Kier alpha value is -2.57. The number of rotatable bonds is 2. The third kappa shape index (κ3) is 4.78. The molecule has 4 aliphatic rings. The summed E-state index contributed by atoms with van der Waals surface area (Å²) in [6.45, 7) is 1.81. The smallest absolute Gasteiger partial charge is 0.747 e. The van der Waals surface area contributed by atoms with Crippen molar-refractivity contribution in [2.75, 3.05) is 0 Å². The molecule has 0 N–H and O–H groups in total.